The molecule has 1 heterocycles. The number of hydrogen-bond acceptors (Lipinski definition) is 3. The summed E-state index contributed by atoms with van der Waals surface area (Å²) in [5.41, 5.74) is 4.99. The average Bonchev–Trinajstić information content (AvgIpc) is 2.98. The van der Waals surface area contributed by atoms with Gasteiger partial charge in [-0.15, -0.1) is 0 Å². The van der Waals surface area contributed by atoms with Gasteiger partial charge < -0.3 is 15.8 Å². The molecule has 2 fully saturated rings. The molecule has 2 atom stereocenters. The van der Waals surface area contributed by atoms with E-state index in [9.17, 15) is 4.79 Å². The van der Waals surface area contributed by atoms with Crippen molar-refractivity contribution in [2.75, 3.05) is 6.61 Å². The van der Waals surface area contributed by atoms with Crippen LogP contribution in [0.25, 0.3) is 0 Å². The monoisotopic (exact) mass is 254 g/mol. The Morgan fingerprint density at radius 2 is 1.83 bits per heavy atom. The molecule has 1 saturated heterocycles. The molecule has 3 N–H and O–H groups in total. The van der Waals surface area contributed by atoms with Crippen molar-refractivity contribution < 1.29 is 9.53 Å². The maximum absolute atomic E-state index is 12.4. The molecule has 18 heavy (non-hydrogen) atoms. The van der Waals surface area contributed by atoms with Crippen molar-refractivity contribution >= 4 is 5.91 Å². The van der Waals surface area contributed by atoms with Crippen LogP contribution < -0.4 is 11.1 Å². The van der Waals surface area contributed by atoms with Gasteiger partial charge >= 0.3 is 0 Å². The van der Waals surface area contributed by atoms with Gasteiger partial charge in [0.25, 0.3) is 0 Å². The number of rotatable bonds is 4. The van der Waals surface area contributed by atoms with Gasteiger partial charge in [-0.2, -0.15) is 0 Å². The summed E-state index contributed by atoms with van der Waals surface area (Å²) in [6.45, 7) is 8.37. The van der Waals surface area contributed by atoms with E-state index in [0.29, 0.717) is 5.92 Å². The number of carbonyl (C=O) groups is 1. The average molecular weight is 254 g/mol. The zero-order chi connectivity index (χ0) is 13.6. The van der Waals surface area contributed by atoms with Gasteiger partial charge in [0.2, 0.25) is 5.91 Å². The molecule has 1 amide bonds. The van der Waals surface area contributed by atoms with Gasteiger partial charge in [-0.1, -0.05) is 0 Å². The van der Waals surface area contributed by atoms with Crippen molar-refractivity contribution in [2.45, 2.75) is 64.6 Å². The lowest BCUT2D eigenvalue weighted by atomic mass is 9.74. The Labute approximate surface area is 110 Å². The summed E-state index contributed by atoms with van der Waals surface area (Å²) in [7, 11) is 0. The molecule has 4 heteroatoms. The Kier molecular flexibility index (Phi) is 3.45. The summed E-state index contributed by atoms with van der Waals surface area (Å²) in [5, 5.41) is 3.15. The van der Waals surface area contributed by atoms with E-state index in [-0.39, 0.29) is 18.1 Å². The Bertz CT molecular complexity index is 329. The first-order chi connectivity index (χ1) is 8.23. The SMILES string of the molecule is CC(C)(N)C(C)(C)C(=O)NC1CCOC1C1CC1. The minimum atomic E-state index is -0.580. The van der Waals surface area contributed by atoms with Crippen LogP contribution in [0.15, 0.2) is 0 Å². The Morgan fingerprint density at radius 3 is 2.33 bits per heavy atom. The van der Waals surface area contributed by atoms with Crippen molar-refractivity contribution in [3.05, 3.63) is 0 Å². The maximum atomic E-state index is 12.4. The van der Waals surface area contributed by atoms with Crippen LogP contribution >= 0.6 is 0 Å². The van der Waals surface area contributed by atoms with E-state index in [0.717, 1.165) is 13.0 Å². The van der Waals surface area contributed by atoms with Gasteiger partial charge in [0.05, 0.1) is 17.6 Å². The zero-order valence-corrected chi connectivity index (χ0v) is 12.0. The summed E-state index contributed by atoms with van der Waals surface area (Å²) in [4.78, 5) is 12.4. The topological polar surface area (TPSA) is 64.4 Å². The van der Waals surface area contributed by atoms with Crippen LogP contribution in [-0.4, -0.2) is 30.2 Å². The van der Waals surface area contributed by atoms with Crippen LogP contribution in [0.3, 0.4) is 0 Å². The molecule has 0 aromatic heterocycles. The quantitative estimate of drug-likeness (QED) is 0.798. The standard InChI is InChI=1S/C14H26N2O2/c1-13(2,14(3,4)15)12(17)16-10-7-8-18-11(10)9-5-6-9/h9-11H,5-8,15H2,1-4H3,(H,16,17). The molecule has 4 nitrogen and oxygen atoms in total. The van der Waals surface area contributed by atoms with Crippen LogP contribution in [0.5, 0.6) is 0 Å². The predicted molar refractivity (Wildman–Crippen MR) is 71.1 cm³/mol. The molecule has 0 spiro atoms. The predicted octanol–water partition coefficient (Wildman–Crippen LogP) is 1.43. The second-order valence-corrected chi connectivity index (χ2v) is 6.89. The fourth-order valence-corrected chi connectivity index (χ4v) is 2.30. The molecule has 0 aromatic carbocycles. The van der Waals surface area contributed by atoms with Gasteiger partial charge in [0, 0.05) is 12.1 Å². The van der Waals surface area contributed by atoms with Crippen molar-refractivity contribution in [1.82, 2.24) is 5.32 Å². The number of ether oxygens (including phenoxy) is 1. The minimum absolute atomic E-state index is 0.0381. The summed E-state index contributed by atoms with van der Waals surface area (Å²) in [6.07, 6.45) is 3.63. The molecule has 104 valence electrons. The van der Waals surface area contributed by atoms with Gasteiger partial charge in [-0.3, -0.25) is 4.79 Å². The number of amides is 1. The van der Waals surface area contributed by atoms with Crippen LogP contribution in [-0.2, 0) is 9.53 Å². The first-order valence-corrected chi connectivity index (χ1v) is 6.95. The van der Waals surface area contributed by atoms with E-state index in [1.165, 1.54) is 12.8 Å². The molecule has 1 aliphatic heterocycles. The van der Waals surface area contributed by atoms with Gasteiger partial charge in [-0.05, 0) is 52.9 Å². The first-order valence-electron chi connectivity index (χ1n) is 6.95. The molecule has 0 radical (unpaired) electrons. The van der Waals surface area contributed by atoms with Gasteiger partial charge in [0.1, 0.15) is 0 Å². The molecule has 2 rings (SSSR count). The Hall–Kier alpha value is -0.610. The van der Waals surface area contributed by atoms with Crippen LogP contribution in [0.2, 0.25) is 0 Å². The van der Waals surface area contributed by atoms with E-state index in [4.69, 9.17) is 10.5 Å². The summed E-state index contributed by atoms with van der Waals surface area (Å²) in [5.74, 6) is 0.697. The van der Waals surface area contributed by atoms with Crippen LogP contribution in [0, 0.1) is 11.3 Å². The molecule has 2 unspecified atom stereocenters. The zero-order valence-electron chi connectivity index (χ0n) is 12.0. The number of nitrogens with one attached hydrogen (secondary N) is 1. The molecular weight excluding hydrogens is 228 g/mol. The number of hydrogen-bond donors (Lipinski definition) is 2. The highest BCUT2D eigenvalue weighted by Gasteiger charge is 2.45. The lowest BCUT2D eigenvalue weighted by Gasteiger charge is -2.38. The van der Waals surface area contributed by atoms with Gasteiger partial charge in [-0.25, -0.2) is 0 Å². The Morgan fingerprint density at radius 1 is 1.22 bits per heavy atom. The molecule has 0 bridgehead atoms. The summed E-state index contributed by atoms with van der Waals surface area (Å²) < 4.78 is 5.74. The Balaban J connectivity index is 1.98. The minimum Gasteiger partial charge on any atom is -0.376 e. The van der Waals surface area contributed by atoms with E-state index >= 15 is 0 Å². The fourth-order valence-electron chi connectivity index (χ4n) is 2.30. The fraction of sp³-hybridized carbons (Fsp3) is 0.929. The highest BCUT2D eigenvalue weighted by Crippen LogP contribution is 2.39. The van der Waals surface area contributed by atoms with Crippen LogP contribution in [0.4, 0.5) is 0 Å². The van der Waals surface area contributed by atoms with E-state index in [1.807, 2.05) is 27.7 Å². The number of nitrogens with two attached hydrogens (primary N) is 1. The number of carbonyl (C=O) groups excluding carboxylic acids is 1. The maximum Gasteiger partial charge on any atom is 0.227 e. The summed E-state index contributed by atoms with van der Waals surface area (Å²) >= 11 is 0. The van der Waals surface area contributed by atoms with E-state index < -0.39 is 11.0 Å². The molecular formula is C14H26N2O2. The van der Waals surface area contributed by atoms with Crippen molar-refractivity contribution in [1.29, 1.82) is 0 Å². The van der Waals surface area contributed by atoms with Gasteiger partial charge in [0.15, 0.2) is 0 Å². The second kappa shape index (κ2) is 4.49. The largest absolute Gasteiger partial charge is 0.376 e. The molecule has 2 aliphatic rings. The normalized spacial score (nSPS) is 29.4. The van der Waals surface area contributed by atoms with E-state index in [1.54, 1.807) is 0 Å². The van der Waals surface area contributed by atoms with Crippen molar-refractivity contribution in [3.8, 4) is 0 Å². The highest BCUT2D eigenvalue weighted by molar-refractivity contribution is 5.83. The van der Waals surface area contributed by atoms with Crippen molar-refractivity contribution in [3.63, 3.8) is 0 Å². The lowest BCUT2D eigenvalue weighted by Crippen LogP contribution is -2.58. The first kappa shape index (κ1) is 13.8. The van der Waals surface area contributed by atoms with E-state index in [2.05, 4.69) is 5.32 Å². The highest BCUT2D eigenvalue weighted by atomic mass is 16.5. The smallest absolute Gasteiger partial charge is 0.227 e. The molecule has 1 aliphatic carbocycles. The van der Waals surface area contributed by atoms with Crippen molar-refractivity contribution in [2.24, 2.45) is 17.1 Å². The lowest BCUT2D eigenvalue weighted by molar-refractivity contribution is -0.133. The van der Waals surface area contributed by atoms with Crippen LogP contribution in [0.1, 0.15) is 47.0 Å². The third-order valence-electron chi connectivity index (χ3n) is 4.72. The molecule has 0 aromatic rings. The summed E-state index contributed by atoms with van der Waals surface area (Å²) in [6, 6.07) is 0.173. The molecule has 1 saturated carbocycles. The third kappa shape index (κ3) is 2.54. The second-order valence-electron chi connectivity index (χ2n) is 6.89. The third-order valence-corrected chi connectivity index (χ3v) is 4.72.